The van der Waals surface area contributed by atoms with Gasteiger partial charge in [-0.05, 0) is 62.9 Å². The van der Waals surface area contributed by atoms with Gasteiger partial charge in [-0.15, -0.1) is 0 Å². The van der Waals surface area contributed by atoms with Gasteiger partial charge in [0.15, 0.2) is 0 Å². The molecule has 1 atom stereocenters. The summed E-state index contributed by atoms with van der Waals surface area (Å²) < 4.78 is 34.9. The molecule has 4 rings (SSSR count). The highest BCUT2D eigenvalue weighted by molar-refractivity contribution is 7.92. The number of nitro groups is 1. The molecule has 246 valence electrons. The summed E-state index contributed by atoms with van der Waals surface area (Å²) >= 11 is 6.30. The Morgan fingerprint density at radius 1 is 1.07 bits per heavy atom. The van der Waals surface area contributed by atoms with Gasteiger partial charge in [0.1, 0.15) is 18.3 Å². The zero-order valence-corrected chi connectivity index (χ0v) is 27.9. The number of anilines is 1. The normalized spacial score (nSPS) is 14.0. The molecule has 0 saturated heterocycles. The van der Waals surface area contributed by atoms with Crippen molar-refractivity contribution < 1.29 is 27.7 Å². The summed E-state index contributed by atoms with van der Waals surface area (Å²) in [6, 6.07) is 14.5. The monoisotopic (exact) mass is 670 g/mol. The third kappa shape index (κ3) is 7.97. The van der Waals surface area contributed by atoms with Crippen LogP contribution >= 0.6 is 11.6 Å². The Kier molecular flexibility index (Phi) is 11.3. The van der Waals surface area contributed by atoms with Crippen LogP contribution in [0.4, 0.5) is 11.4 Å². The number of carbonyl (C=O) groups is 2. The fourth-order valence-electron chi connectivity index (χ4n) is 5.62. The zero-order valence-electron chi connectivity index (χ0n) is 26.4. The molecule has 0 bridgehead atoms. The standard InChI is InChI=1S/C33H39ClN4O7S/c1-5-28(33(40)35-26-8-6-7-9-26)36(20-24-13-10-22(2)11-14-24)32(39)21-37(30-18-25(34)15-17-31(30)45-4)46(43,44)27-16-12-23(3)29(19-27)38(41)42/h10-19,26,28H,5-9,20-21H2,1-4H3,(H,35,40)/t28-/m0/s1. The highest BCUT2D eigenvalue weighted by Crippen LogP contribution is 2.36. The Hall–Kier alpha value is -4.16. The van der Waals surface area contributed by atoms with Crippen LogP contribution in [0, 0.1) is 24.0 Å². The van der Waals surface area contributed by atoms with E-state index in [1.54, 1.807) is 6.92 Å². The molecule has 0 spiro atoms. The molecule has 3 aromatic rings. The first kappa shape index (κ1) is 34.7. The number of nitrogens with zero attached hydrogens (tertiary/aromatic N) is 3. The Bertz CT molecular complexity index is 1690. The number of aryl methyl sites for hydroxylation is 2. The minimum atomic E-state index is -4.61. The number of hydrogen-bond donors (Lipinski definition) is 1. The molecule has 3 aromatic carbocycles. The molecule has 11 nitrogen and oxygen atoms in total. The first-order valence-corrected chi connectivity index (χ1v) is 16.9. The highest BCUT2D eigenvalue weighted by Gasteiger charge is 2.36. The summed E-state index contributed by atoms with van der Waals surface area (Å²) in [5.41, 5.74) is 1.63. The average molecular weight is 671 g/mol. The summed E-state index contributed by atoms with van der Waals surface area (Å²) in [5, 5.41) is 15.0. The Morgan fingerprint density at radius 2 is 1.74 bits per heavy atom. The van der Waals surface area contributed by atoms with E-state index < -0.39 is 38.3 Å². The molecule has 0 aliphatic heterocycles. The van der Waals surface area contributed by atoms with Crippen LogP contribution in [0.2, 0.25) is 5.02 Å². The van der Waals surface area contributed by atoms with Crippen LogP contribution < -0.4 is 14.4 Å². The number of amides is 2. The van der Waals surface area contributed by atoms with E-state index >= 15 is 0 Å². The van der Waals surface area contributed by atoms with E-state index in [0.717, 1.165) is 47.2 Å². The van der Waals surface area contributed by atoms with Crippen molar-refractivity contribution in [2.24, 2.45) is 0 Å². The first-order valence-electron chi connectivity index (χ1n) is 15.1. The number of carbonyl (C=O) groups excluding carboxylic acids is 2. The van der Waals surface area contributed by atoms with E-state index in [1.807, 2.05) is 31.2 Å². The maximum absolute atomic E-state index is 14.4. The molecular formula is C33H39ClN4O7S. The lowest BCUT2D eigenvalue weighted by atomic mass is 10.1. The van der Waals surface area contributed by atoms with Gasteiger partial charge >= 0.3 is 0 Å². The molecule has 0 heterocycles. The van der Waals surface area contributed by atoms with E-state index in [9.17, 15) is 28.1 Å². The minimum absolute atomic E-state index is 0.0165. The van der Waals surface area contributed by atoms with Crippen molar-refractivity contribution in [2.75, 3.05) is 18.0 Å². The lowest BCUT2D eigenvalue weighted by molar-refractivity contribution is -0.385. The average Bonchev–Trinajstić information content (AvgIpc) is 3.53. The van der Waals surface area contributed by atoms with Crippen LogP contribution in [0.15, 0.2) is 65.6 Å². The van der Waals surface area contributed by atoms with E-state index in [4.69, 9.17) is 16.3 Å². The quantitative estimate of drug-likeness (QED) is 0.176. The van der Waals surface area contributed by atoms with E-state index in [2.05, 4.69) is 5.32 Å². The van der Waals surface area contributed by atoms with Crippen LogP contribution in [-0.4, -0.2) is 55.8 Å². The van der Waals surface area contributed by atoms with Crippen LogP contribution in [0.1, 0.15) is 55.7 Å². The van der Waals surface area contributed by atoms with Gasteiger partial charge in [-0.1, -0.05) is 67.3 Å². The number of nitrogens with one attached hydrogen (secondary N) is 1. The van der Waals surface area contributed by atoms with Gasteiger partial charge in [-0.2, -0.15) is 0 Å². The maximum Gasteiger partial charge on any atom is 0.273 e. The summed E-state index contributed by atoms with van der Waals surface area (Å²) in [4.78, 5) is 40.1. The lowest BCUT2D eigenvalue weighted by Crippen LogP contribution is -2.53. The minimum Gasteiger partial charge on any atom is -0.495 e. The molecule has 1 fully saturated rings. The predicted molar refractivity (Wildman–Crippen MR) is 177 cm³/mol. The third-order valence-electron chi connectivity index (χ3n) is 8.21. The second-order valence-corrected chi connectivity index (χ2v) is 13.8. The van der Waals surface area contributed by atoms with Gasteiger partial charge < -0.3 is 15.0 Å². The predicted octanol–water partition coefficient (Wildman–Crippen LogP) is 5.94. The Balaban J connectivity index is 1.81. The first-order chi connectivity index (χ1) is 21.8. The Labute approximate surface area is 274 Å². The lowest BCUT2D eigenvalue weighted by Gasteiger charge is -2.34. The van der Waals surface area contributed by atoms with Crippen LogP contribution in [0.5, 0.6) is 5.75 Å². The second-order valence-electron chi connectivity index (χ2n) is 11.5. The van der Waals surface area contributed by atoms with Gasteiger partial charge in [0, 0.05) is 29.2 Å². The fourth-order valence-corrected chi connectivity index (χ4v) is 7.23. The van der Waals surface area contributed by atoms with Crippen molar-refractivity contribution in [2.45, 2.75) is 76.4 Å². The van der Waals surface area contributed by atoms with Gasteiger partial charge in [0.25, 0.3) is 15.7 Å². The fraction of sp³-hybridized carbons (Fsp3) is 0.394. The van der Waals surface area contributed by atoms with Gasteiger partial charge in [0.2, 0.25) is 11.8 Å². The molecule has 0 aromatic heterocycles. The molecule has 1 aliphatic carbocycles. The van der Waals surface area contributed by atoms with E-state index in [1.165, 1.54) is 49.3 Å². The molecule has 0 unspecified atom stereocenters. The van der Waals surface area contributed by atoms with Gasteiger partial charge in [-0.25, -0.2) is 8.42 Å². The molecule has 46 heavy (non-hydrogen) atoms. The van der Waals surface area contributed by atoms with Crippen molar-refractivity contribution >= 4 is 44.8 Å². The van der Waals surface area contributed by atoms with Crippen LogP contribution in [0.3, 0.4) is 0 Å². The van der Waals surface area contributed by atoms with Gasteiger partial charge in [-0.3, -0.25) is 24.0 Å². The summed E-state index contributed by atoms with van der Waals surface area (Å²) in [6.45, 7) is 4.55. The molecule has 1 saturated carbocycles. The largest absolute Gasteiger partial charge is 0.495 e. The van der Waals surface area contributed by atoms with E-state index in [0.29, 0.717) is 0 Å². The second kappa shape index (κ2) is 15.0. The number of nitro benzene ring substituents is 1. The van der Waals surface area contributed by atoms with Crippen LogP contribution in [-0.2, 0) is 26.2 Å². The third-order valence-corrected chi connectivity index (χ3v) is 10.2. The number of sulfonamides is 1. The molecule has 13 heteroatoms. The van der Waals surface area contributed by atoms with E-state index in [-0.39, 0.29) is 52.6 Å². The van der Waals surface area contributed by atoms with Crippen molar-refractivity contribution in [1.82, 2.24) is 10.2 Å². The summed E-state index contributed by atoms with van der Waals surface area (Å²) in [7, 11) is -3.26. The van der Waals surface area contributed by atoms with Gasteiger partial charge in [0.05, 0.1) is 22.6 Å². The summed E-state index contributed by atoms with van der Waals surface area (Å²) in [5.74, 6) is -0.849. The topological polar surface area (TPSA) is 139 Å². The number of ether oxygens (including phenoxy) is 1. The number of hydrogen-bond acceptors (Lipinski definition) is 7. The Morgan fingerprint density at radius 3 is 2.35 bits per heavy atom. The molecule has 1 aliphatic rings. The van der Waals surface area contributed by atoms with Crippen molar-refractivity contribution in [3.05, 3.63) is 92.5 Å². The number of methoxy groups -OCH3 is 1. The SMILES string of the molecule is CC[C@@H](C(=O)NC1CCCC1)N(Cc1ccc(C)cc1)C(=O)CN(c1cc(Cl)ccc1OC)S(=O)(=O)c1ccc(C)c([N+](=O)[O-])c1. The highest BCUT2D eigenvalue weighted by atomic mass is 35.5. The molecular weight excluding hydrogens is 632 g/mol. The van der Waals surface area contributed by atoms with Crippen molar-refractivity contribution in [1.29, 1.82) is 0 Å². The number of halogens is 1. The van der Waals surface area contributed by atoms with Crippen molar-refractivity contribution in [3.8, 4) is 5.75 Å². The summed E-state index contributed by atoms with van der Waals surface area (Å²) in [6.07, 6.45) is 4.03. The molecule has 0 radical (unpaired) electrons. The molecule has 2 amide bonds. The van der Waals surface area contributed by atoms with Crippen molar-refractivity contribution in [3.63, 3.8) is 0 Å². The number of rotatable bonds is 13. The molecule has 1 N–H and O–H groups in total. The van der Waals surface area contributed by atoms with Crippen LogP contribution in [0.25, 0.3) is 0 Å². The smallest absolute Gasteiger partial charge is 0.273 e. The number of benzene rings is 3. The zero-order chi connectivity index (χ0) is 33.6. The maximum atomic E-state index is 14.4.